The van der Waals surface area contributed by atoms with Crippen molar-refractivity contribution < 1.29 is 18.0 Å². The molecule has 0 bridgehead atoms. The van der Waals surface area contributed by atoms with E-state index in [9.17, 15) is 18.0 Å². The van der Waals surface area contributed by atoms with Crippen molar-refractivity contribution in [1.29, 1.82) is 0 Å². The number of hydrogen-bond donors (Lipinski definition) is 0. The van der Waals surface area contributed by atoms with E-state index in [4.69, 9.17) is 0 Å². The third-order valence-electron chi connectivity index (χ3n) is 2.02. The van der Waals surface area contributed by atoms with Crippen LogP contribution >= 0.6 is 0 Å². The van der Waals surface area contributed by atoms with E-state index in [1.54, 1.807) is 0 Å². The van der Waals surface area contributed by atoms with E-state index < -0.39 is 11.9 Å². The molecule has 0 aliphatic carbocycles. The van der Waals surface area contributed by atoms with Crippen molar-refractivity contribution in [3.05, 3.63) is 23.5 Å². The third-order valence-corrected chi connectivity index (χ3v) is 2.02. The first-order valence-corrected chi connectivity index (χ1v) is 5.20. The average Bonchev–Trinajstić information content (AvgIpc) is 2.15. The Labute approximate surface area is 97.1 Å². The van der Waals surface area contributed by atoms with Gasteiger partial charge in [0.1, 0.15) is 5.78 Å². The SMILES string of the molecule is CC(C)CC(=O)Cc1ccc(C(F)(F)F)nn1. The van der Waals surface area contributed by atoms with Gasteiger partial charge in [-0.05, 0) is 18.1 Å². The van der Waals surface area contributed by atoms with Gasteiger partial charge in [0.05, 0.1) is 12.1 Å². The predicted octanol–water partition coefficient (Wildman–Crippen LogP) is 2.65. The normalized spacial score (nSPS) is 11.9. The lowest BCUT2D eigenvalue weighted by Gasteiger charge is -2.06. The summed E-state index contributed by atoms with van der Waals surface area (Å²) in [6, 6.07) is 2.03. The zero-order valence-corrected chi connectivity index (χ0v) is 9.58. The second-order valence-electron chi connectivity index (χ2n) is 4.22. The minimum Gasteiger partial charge on any atom is -0.299 e. The van der Waals surface area contributed by atoms with Gasteiger partial charge in [0, 0.05) is 6.42 Å². The molecule has 0 aliphatic rings. The average molecular weight is 246 g/mol. The summed E-state index contributed by atoms with van der Waals surface area (Å²) in [7, 11) is 0. The standard InChI is InChI=1S/C11H13F3N2O/c1-7(2)5-9(17)6-8-3-4-10(16-15-8)11(12,13)14/h3-4,7H,5-6H2,1-2H3. The molecule has 0 saturated heterocycles. The van der Waals surface area contributed by atoms with Crippen molar-refractivity contribution in [2.24, 2.45) is 5.92 Å². The van der Waals surface area contributed by atoms with E-state index in [0.717, 1.165) is 6.07 Å². The Hall–Kier alpha value is -1.46. The van der Waals surface area contributed by atoms with Crippen molar-refractivity contribution in [2.45, 2.75) is 32.9 Å². The molecule has 0 aliphatic heterocycles. The van der Waals surface area contributed by atoms with Gasteiger partial charge in [-0.2, -0.15) is 18.3 Å². The van der Waals surface area contributed by atoms with E-state index in [-0.39, 0.29) is 23.8 Å². The molecule has 0 amide bonds. The Bertz CT molecular complexity index is 385. The van der Waals surface area contributed by atoms with Crippen LogP contribution < -0.4 is 0 Å². The Balaban J connectivity index is 2.66. The van der Waals surface area contributed by atoms with Crippen LogP contribution in [0.15, 0.2) is 12.1 Å². The Morgan fingerprint density at radius 1 is 1.29 bits per heavy atom. The first-order chi connectivity index (χ1) is 7.79. The van der Waals surface area contributed by atoms with Gasteiger partial charge in [-0.15, -0.1) is 5.10 Å². The number of halogens is 3. The van der Waals surface area contributed by atoms with Crippen molar-refractivity contribution in [1.82, 2.24) is 10.2 Å². The van der Waals surface area contributed by atoms with Crippen molar-refractivity contribution in [2.75, 3.05) is 0 Å². The maximum Gasteiger partial charge on any atom is 0.435 e. The molecule has 0 N–H and O–H groups in total. The molecule has 1 aromatic rings. The fourth-order valence-corrected chi connectivity index (χ4v) is 1.33. The number of alkyl halides is 3. The van der Waals surface area contributed by atoms with Gasteiger partial charge >= 0.3 is 6.18 Å². The lowest BCUT2D eigenvalue weighted by Crippen LogP contribution is -2.12. The van der Waals surface area contributed by atoms with Crippen LogP contribution in [-0.4, -0.2) is 16.0 Å². The number of carbonyl (C=O) groups is 1. The summed E-state index contributed by atoms with van der Waals surface area (Å²) >= 11 is 0. The third kappa shape index (κ3) is 4.50. The summed E-state index contributed by atoms with van der Waals surface area (Å²) in [6.07, 6.45) is -4.07. The van der Waals surface area contributed by atoms with Gasteiger partial charge < -0.3 is 0 Å². The van der Waals surface area contributed by atoms with Crippen LogP contribution in [0, 0.1) is 5.92 Å². The van der Waals surface area contributed by atoms with Gasteiger partial charge in [-0.3, -0.25) is 4.79 Å². The molecule has 3 nitrogen and oxygen atoms in total. The molecule has 0 spiro atoms. The van der Waals surface area contributed by atoms with Crippen LogP contribution in [-0.2, 0) is 17.4 Å². The molecule has 0 atom stereocenters. The first-order valence-electron chi connectivity index (χ1n) is 5.20. The summed E-state index contributed by atoms with van der Waals surface area (Å²) < 4.78 is 36.6. The fourth-order valence-electron chi connectivity index (χ4n) is 1.33. The number of nitrogens with zero attached hydrogens (tertiary/aromatic N) is 2. The second-order valence-corrected chi connectivity index (χ2v) is 4.22. The van der Waals surface area contributed by atoms with Crippen molar-refractivity contribution >= 4 is 5.78 Å². The van der Waals surface area contributed by atoms with E-state index in [1.807, 2.05) is 13.8 Å². The van der Waals surface area contributed by atoms with E-state index in [0.29, 0.717) is 6.42 Å². The maximum absolute atomic E-state index is 12.2. The summed E-state index contributed by atoms with van der Waals surface area (Å²) in [5, 5.41) is 6.46. The maximum atomic E-state index is 12.2. The Kier molecular flexibility index (Phi) is 4.20. The van der Waals surface area contributed by atoms with Crippen LogP contribution in [0.4, 0.5) is 13.2 Å². The molecular weight excluding hydrogens is 233 g/mol. The molecule has 0 aromatic carbocycles. The van der Waals surface area contributed by atoms with E-state index in [1.165, 1.54) is 6.07 Å². The van der Waals surface area contributed by atoms with Gasteiger partial charge in [0.25, 0.3) is 0 Å². The topological polar surface area (TPSA) is 42.9 Å². The van der Waals surface area contributed by atoms with Crippen molar-refractivity contribution in [3.63, 3.8) is 0 Å². The van der Waals surface area contributed by atoms with E-state index >= 15 is 0 Å². The van der Waals surface area contributed by atoms with E-state index in [2.05, 4.69) is 10.2 Å². The number of rotatable bonds is 4. The summed E-state index contributed by atoms with van der Waals surface area (Å²) in [6.45, 7) is 3.80. The first kappa shape index (κ1) is 13.6. The minimum absolute atomic E-state index is 0.0311. The fraction of sp³-hybridized carbons (Fsp3) is 0.545. The summed E-state index contributed by atoms with van der Waals surface area (Å²) in [5.41, 5.74) is -0.777. The largest absolute Gasteiger partial charge is 0.435 e. The zero-order valence-electron chi connectivity index (χ0n) is 9.58. The van der Waals surface area contributed by atoms with Crippen LogP contribution in [0.3, 0.4) is 0 Å². The highest BCUT2D eigenvalue weighted by Crippen LogP contribution is 2.26. The molecule has 0 saturated carbocycles. The second kappa shape index (κ2) is 5.25. The number of Topliss-reactive ketones (excluding diaryl/α,β-unsaturated/α-hetero) is 1. The highest BCUT2D eigenvalue weighted by atomic mass is 19.4. The molecule has 1 aromatic heterocycles. The highest BCUT2D eigenvalue weighted by molar-refractivity contribution is 5.80. The van der Waals surface area contributed by atoms with Crippen LogP contribution in [0.2, 0.25) is 0 Å². The minimum atomic E-state index is -4.49. The molecule has 1 heterocycles. The predicted molar refractivity (Wildman–Crippen MR) is 55.2 cm³/mol. The van der Waals surface area contributed by atoms with Gasteiger partial charge in [0.2, 0.25) is 0 Å². The smallest absolute Gasteiger partial charge is 0.299 e. The zero-order chi connectivity index (χ0) is 13.1. The van der Waals surface area contributed by atoms with Crippen LogP contribution in [0.25, 0.3) is 0 Å². The van der Waals surface area contributed by atoms with Crippen LogP contribution in [0.5, 0.6) is 0 Å². The number of aromatic nitrogens is 2. The Morgan fingerprint density at radius 3 is 2.35 bits per heavy atom. The lowest BCUT2D eigenvalue weighted by atomic mass is 10.0. The molecule has 1 rings (SSSR count). The van der Waals surface area contributed by atoms with Gasteiger partial charge in [0.15, 0.2) is 5.69 Å². The van der Waals surface area contributed by atoms with Crippen molar-refractivity contribution in [3.8, 4) is 0 Å². The summed E-state index contributed by atoms with van der Waals surface area (Å²) in [4.78, 5) is 11.4. The quantitative estimate of drug-likeness (QED) is 0.820. The lowest BCUT2D eigenvalue weighted by molar-refractivity contribution is -0.141. The number of ketones is 1. The Morgan fingerprint density at radius 2 is 1.94 bits per heavy atom. The molecule has 6 heteroatoms. The molecular formula is C11H13F3N2O. The molecule has 17 heavy (non-hydrogen) atoms. The molecule has 0 unspecified atom stereocenters. The molecule has 0 radical (unpaired) electrons. The molecule has 0 fully saturated rings. The van der Waals surface area contributed by atoms with Crippen LogP contribution in [0.1, 0.15) is 31.7 Å². The van der Waals surface area contributed by atoms with Gasteiger partial charge in [-0.25, -0.2) is 0 Å². The number of carbonyl (C=O) groups excluding carboxylic acids is 1. The highest BCUT2D eigenvalue weighted by Gasteiger charge is 2.32. The van der Waals surface area contributed by atoms with Gasteiger partial charge in [-0.1, -0.05) is 13.8 Å². The monoisotopic (exact) mass is 246 g/mol. The molecule has 94 valence electrons. The summed E-state index contributed by atoms with van der Waals surface area (Å²) in [5.74, 6) is 0.180. The number of hydrogen-bond acceptors (Lipinski definition) is 3.